The fraction of sp³-hybridized carbons (Fsp3) is 0.364. The standard InChI is InChI=1S/C11H14O4/c1-7(8-5-3-2-4-6-8)9(12)10(13)11(14)15/h2-7,9-10,12-13H,1H3,(H,14,15)/t7?,9-,10+/m0/s1. The first-order valence-corrected chi connectivity index (χ1v) is 4.68. The van der Waals surface area contributed by atoms with Crippen molar-refractivity contribution >= 4 is 5.97 Å². The summed E-state index contributed by atoms with van der Waals surface area (Å²) in [5.41, 5.74) is 0.797. The lowest BCUT2D eigenvalue weighted by molar-refractivity contribution is -0.153. The molecule has 0 heterocycles. The minimum atomic E-state index is -1.75. The number of benzene rings is 1. The summed E-state index contributed by atoms with van der Waals surface area (Å²) >= 11 is 0. The number of hydrogen-bond acceptors (Lipinski definition) is 3. The molecule has 0 aliphatic rings. The maximum atomic E-state index is 10.5. The molecule has 0 saturated carbocycles. The average Bonchev–Trinajstić information content (AvgIpc) is 2.27. The molecule has 0 spiro atoms. The van der Waals surface area contributed by atoms with Gasteiger partial charge in [0.2, 0.25) is 0 Å². The molecule has 0 bridgehead atoms. The molecular formula is C11H14O4. The molecule has 0 fully saturated rings. The largest absolute Gasteiger partial charge is 0.479 e. The van der Waals surface area contributed by atoms with Gasteiger partial charge in [0.05, 0.1) is 6.10 Å². The van der Waals surface area contributed by atoms with Gasteiger partial charge in [-0.1, -0.05) is 37.3 Å². The molecule has 4 nitrogen and oxygen atoms in total. The van der Waals surface area contributed by atoms with Gasteiger partial charge in [0.1, 0.15) is 0 Å². The van der Waals surface area contributed by atoms with E-state index in [1.807, 2.05) is 6.07 Å². The summed E-state index contributed by atoms with van der Waals surface area (Å²) in [6.07, 6.45) is -3.05. The quantitative estimate of drug-likeness (QED) is 0.680. The number of carboxylic acid groups (broad SMARTS) is 1. The Morgan fingerprint density at radius 3 is 2.20 bits per heavy atom. The van der Waals surface area contributed by atoms with Crippen LogP contribution in [0.1, 0.15) is 18.4 Å². The molecule has 0 aliphatic carbocycles. The average molecular weight is 210 g/mol. The zero-order chi connectivity index (χ0) is 11.4. The van der Waals surface area contributed by atoms with Crippen molar-refractivity contribution < 1.29 is 20.1 Å². The number of carboxylic acids is 1. The van der Waals surface area contributed by atoms with Crippen LogP contribution in [0, 0.1) is 0 Å². The molecule has 3 N–H and O–H groups in total. The summed E-state index contributed by atoms with van der Waals surface area (Å²) < 4.78 is 0. The molecule has 4 heteroatoms. The molecule has 1 aromatic carbocycles. The summed E-state index contributed by atoms with van der Waals surface area (Å²) in [6.45, 7) is 1.67. The Labute approximate surface area is 87.8 Å². The van der Waals surface area contributed by atoms with Gasteiger partial charge in [0.25, 0.3) is 0 Å². The molecule has 15 heavy (non-hydrogen) atoms. The fourth-order valence-corrected chi connectivity index (χ4v) is 1.37. The predicted octanol–water partition coefficient (Wildman–Crippen LogP) is 0.596. The van der Waals surface area contributed by atoms with Crippen molar-refractivity contribution in [1.82, 2.24) is 0 Å². The molecule has 0 radical (unpaired) electrons. The zero-order valence-electron chi connectivity index (χ0n) is 8.37. The Bertz CT molecular complexity index is 323. The second-order valence-electron chi connectivity index (χ2n) is 3.47. The summed E-state index contributed by atoms with van der Waals surface area (Å²) in [6, 6.07) is 8.98. The number of rotatable bonds is 4. The van der Waals surface area contributed by atoms with Gasteiger partial charge in [0.15, 0.2) is 6.10 Å². The van der Waals surface area contributed by atoms with Gasteiger partial charge in [-0.15, -0.1) is 0 Å². The molecule has 0 aromatic heterocycles. The molecule has 1 unspecified atom stereocenters. The minimum absolute atomic E-state index is 0.419. The maximum Gasteiger partial charge on any atom is 0.335 e. The van der Waals surface area contributed by atoms with Crippen LogP contribution in [-0.2, 0) is 4.79 Å². The van der Waals surface area contributed by atoms with Crippen LogP contribution in [0.5, 0.6) is 0 Å². The van der Waals surface area contributed by atoms with E-state index in [0.29, 0.717) is 0 Å². The predicted molar refractivity (Wildman–Crippen MR) is 54.5 cm³/mol. The van der Waals surface area contributed by atoms with Crippen LogP contribution in [-0.4, -0.2) is 33.5 Å². The first kappa shape index (κ1) is 11.7. The van der Waals surface area contributed by atoms with Crippen LogP contribution in [0.3, 0.4) is 0 Å². The summed E-state index contributed by atoms with van der Waals surface area (Å²) in [4.78, 5) is 10.5. The smallest absolute Gasteiger partial charge is 0.335 e. The molecule has 1 aromatic rings. The molecule has 82 valence electrons. The van der Waals surface area contributed by atoms with Crippen molar-refractivity contribution in [3.8, 4) is 0 Å². The van der Waals surface area contributed by atoms with Gasteiger partial charge >= 0.3 is 5.97 Å². The van der Waals surface area contributed by atoms with E-state index in [1.165, 1.54) is 0 Å². The van der Waals surface area contributed by atoms with Crippen molar-refractivity contribution in [1.29, 1.82) is 0 Å². The number of aliphatic hydroxyl groups is 2. The van der Waals surface area contributed by atoms with Gasteiger partial charge in [-0.05, 0) is 5.56 Å². The second kappa shape index (κ2) is 4.91. The Balaban J connectivity index is 2.77. The van der Waals surface area contributed by atoms with E-state index in [1.54, 1.807) is 31.2 Å². The van der Waals surface area contributed by atoms with E-state index >= 15 is 0 Å². The van der Waals surface area contributed by atoms with Crippen molar-refractivity contribution in [2.45, 2.75) is 25.0 Å². The van der Waals surface area contributed by atoms with E-state index in [9.17, 15) is 15.0 Å². The van der Waals surface area contributed by atoms with Crippen LogP contribution >= 0.6 is 0 Å². The van der Waals surface area contributed by atoms with Gasteiger partial charge in [-0.25, -0.2) is 4.79 Å². The lowest BCUT2D eigenvalue weighted by atomic mass is 9.92. The van der Waals surface area contributed by atoms with Gasteiger partial charge < -0.3 is 15.3 Å². The molecule has 1 rings (SSSR count). The third-order valence-corrected chi connectivity index (χ3v) is 2.41. The van der Waals surface area contributed by atoms with Crippen LogP contribution < -0.4 is 0 Å². The van der Waals surface area contributed by atoms with Crippen molar-refractivity contribution in [3.05, 3.63) is 35.9 Å². The summed E-state index contributed by atoms with van der Waals surface area (Å²) in [5.74, 6) is -1.83. The minimum Gasteiger partial charge on any atom is -0.479 e. The fourth-order valence-electron chi connectivity index (χ4n) is 1.37. The SMILES string of the molecule is CC(c1ccccc1)[C@H](O)[C@@H](O)C(=O)O. The van der Waals surface area contributed by atoms with Crippen molar-refractivity contribution in [2.24, 2.45) is 0 Å². The van der Waals surface area contributed by atoms with Gasteiger partial charge in [-0.3, -0.25) is 0 Å². The third-order valence-electron chi connectivity index (χ3n) is 2.41. The van der Waals surface area contributed by atoms with Gasteiger partial charge in [-0.2, -0.15) is 0 Å². The van der Waals surface area contributed by atoms with E-state index in [4.69, 9.17) is 5.11 Å². The van der Waals surface area contributed by atoms with E-state index in [-0.39, 0.29) is 0 Å². The molecule has 0 saturated heterocycles. The van der Waals surface area contributed by atoms with Crippen molar-refractivity contribution in [3.63, 3.8) is 0 Å². The van der Waals surface area contributed by atoms with E-state index in [2.05, 4.69) is 0 Å². The first-order valence-electron chi connectivity index (χ1n) is 4.68. The maximum absolute atomic E-state index is 10.5. The third kappa shape index (κ3) is 2.78. The highest BCUT2D eigenvalue weighted by Gasteiger charge is 2.29. The number of aliphatic carboxylic acids is 1. The van der Waals surface area contributed by atoms with Crippen molar-refractivity contribution in [2.75, 3.05) is 0 Å². The monoisotopic (exact) mass is 210 g/mol. The zero-order valence-corrected chi connectivity index (χ0v) is 8.37. The van der Waals surface area contributed by atoms with Gasteiger partial charge in [0, 0.05) is 5.92 Å². The molecule has 3 atom stereocenters. The molecular weight excluding hydrogens is 196 g/mol. The highest BCUT2D eigenvalue weighted by Crippen LogP contribution is 2.20. The Kier molecular flexibility index (Phi) is 3.82. The Morgan fingerprint density at radius 1 is 1.20 bits per heavy atom. The number of hydrogen-bond donors (Lipinski definition) is 3. The van der Waals surface area contributed by atoms with Crippen LogP contribution in [0.15, 0.2) is 30.3 Å². The highest BCUT2D eigenvalue weighted by atomic mass is 16.4. The lowest BCUT2D eigenvalue weighted by Gasteiger charge is -2.21. The van der Waals surface area contributed by atoms with Crippen LogP contribution in [0.2, 0.25) is 0 Å². The normalized spacial score (nSPS) is 16.7. The first-order chi connectivity index (χ1) is 7.04. The van der Waals surface area contributed by atoms with Crippen LogP contribution in [0.25, 0.3) is 0 Å². The topological polar surface area (TPSA) is 77.8 Å². The summed E-state index contributed by atoms with van der Waals surface area (Å²) in [5, 5.41) is 27.3. The highest BCUT2D eigenvalue weighted by molar-refractivity contribution is 5.72. The van der Waals surface area contributed by atoms with E-state index in [0.717, 1.165) is 5.56 Å². The van der Waals surface area contributed by atoms with Crippen LogP contribution in [0.4, 0.5) is 0 Å². The number of carbonyl (C=O) groups is 1. The molecule has 0 aliphatic heterocycles. The Hall–Kier alpha value is -1.39. The lowest BCUT2D eigenvalue weighted by Crippen LogP contribution is -2.37. The second-order valence-corrected chi connectivity index (χ2v) is 3.47. The summed E-state index contributed by atoms with van der Waals surface area (Å²) in [7, 11) is 0. The molecule has 0 amide bonds. The van der Waals surface area contributed by atoms with E-state index < -0.39 is 24.1 Å². The Morgan fingerprint density at radius 2 is 1.73 bits per heavy atom. The number of aliphatic hydroxyl groups excluding tert-OH is 2.